The lowest BCUT2D eigenvalue weighted by Crippen LogP contribution is -2.48. The minimum absolute atomic E-state index is 0.424. The van der Waals surface area contributed by atoms with Crippen LogP contribution in [-0.2, 0) is 5.41 Å². The highest BCUT2D eigenvalue weighted by atomic mass is 16.3. The summed E-state index contributed by atoms with van der Waals surface area (Å²) < 4.78 is 6.34. The van der Waals surface area contributed by atoms with Gasteiger partial charge in [-0.1, -0.05) is 61.7 Å². The van der Waals surface area contributed by atoms with Gasteiger partial charge in [-0.2, -0.15) is 0 Å². The Morgan fingerprint density at radius 1 is 0.571 bits per heavy atom. The SMILES string of the molecule is c1ccc2c(c1)oc1cc(N(c3ccc(C4CCCCC4)cc3)c3ccc(C45CC6CC(CC(C6)C4)C5)cc3)ccc12. The molecule has 1 aromatic heterocycles. The molecule has 0 amide bonds. The van der Waals surface area contributed by atoms with Crippen LogP contribution in [0.25, 0.3) is 21.9 Å². The van der Waals surface area contributed by atoms with E-state index in [0.717, 1.165) is 34.6 Å². The van der Waals surface area contributed by atoms with Crippen molar-refractivity contribution < 1.29 is 4.42 Å². The van der Waals surface area contributed by atoms with Crippen LogP contribution in [0.2, 0.25) is 0 Å². The van der Waals surface area contributed by atoms with Crippen LogP contribution >= 0.6 is 0 Å². The average Bonchev–Trinajstić information content (AvgIpc) is 3.40. The number of furan rings is 1. The van der Waals surface area contributed by atoms with Crippen LogP contribution < -0.4 is 4.90 Å². The molecule has 0 spiro atoms. The highest BCUT2D eigenvalue weighted by molar-refractivity contribution is 6.06. The van der Waals surface area contributed by atoms with Gasteiger partial charge in [-0.05, 0) is 134 Å². The minimum atomic E-state index is 0.424. The van der Waals surface area contributed by atoms with Gasteiger partial charge in [0, 0.05) is 33.9 Å². The predicted octanol–water partition coefficient (Wildman–Crippen LogP) is 11.6. The Bertz CT molecular complexity index is 1700. The van der Waals surface area contributed by atoms with Crippen LogP contribution in [0.4, 0.5) is 17.1 Å². The number of hydrogen-bond acceptors (Lipinski definition) is 2. The second-order valence-electron chi connectivity index (χ2n) is 14.3. The summed E-state index contributed by atoms with van der Waals surface area (Å²) in [7, 11) is 0. The van der Waals surface area contributed by atoms with Crippen LogP contribution in [0.15, 0.2) is 95.4 Å². The lowest BCUT2D eigenvalue weighted by molar-refractivity contribution is -0.00518. The zero-order valence-electron chi connectivity index (χ0n) is 24.6. The molecule has 0 atom stereocenters. The van der Waals surface area contributed by atoms with E-state index in [4.69, 9.17) is 4.42 Å². The third kappa shape index (κ3) is 4.13. The molecular formula is C40H41NO. The molecule has 2 nitrogen and oxygen atoms in total. The normalized spacial score (nSPS) is 27.2. The summed E-state index contributed by atoms with van der Waals surface area (Å²) in [6, 6.07) is 34.3. The summed E-state index contributed by atoms with van der Waals surface area (Å²) in [6.07, 6.45) is 15.5. The summed E-state index contributed by atoms with van der Waals surface area (Å²) in [4.78, 5) is 2.43. The molecule has 5 fully saturated rings. The molecule has 1 heterocycles. The first-order valence-corrected chi connectivity index (χ1v) is 16.6. The van der Waals surface area contributed by atoms with E-state index >= 15 is 0 Å². The summed E-state index contributed by atoms with van der Waals surface area (Å²) in [6.45, 7) is 0. The first kappa shape index (κ1) is 25.0. The second kappa shape index (κ2) is 9.76. The maximum Gasteiger partial charge on any atom is 0.137 e. The third-order valence-corrected chi connectivity index (χ3v) is 11.6. The standard InChI is InChI=1S/C40H41NO/c1-2-6-30(7-3-1)31-10-14-33(15-11-31)41(35-18-19-37-36-8-4-5-9-38(36)42-39(37)23-35)34-16-12-32(13-17-34)40-24-27-20-28(25-40)22-29(21-27)26-40/h4-5,8-19,23,27-30H,1-3,6-7,20-22,24-26H2. The first-order chi connectivity index (χ1) is 20.7. The number of para-hydroxylation sites is 1. The Morgan fingerprint density at radius 3 is 1.86 bits per heavy atom. The van der Waals surface area contributed by atoms with Crippen LogP contribution in [0.5, 0.6) is 0 Å². The molecule has 212 valence electrons. The van der Waals surface area contributed by atoms with Crippen molar-refractivity contribution in [2.24, 2.45) is 17.8 Å². The fraction of sp³-hybridized carbons (Fsp3) is 0.400. The molecule has 4 bridgehead atoms. The fourth-order valence-electron chi connectivity index (χ4n) is 10.1. The molecule has 5 aromatic rings. The molecule has 4 aromatic carbocycles. The zero-order chi connectivity index (χ0) is 27.7. The maximum atomic E-state index is 6.34. The van der Waals surface area contributed by atoms with E-state index in [-0.39, 0.29) is 0 Å². The fourth-order valence-corrected chi connectivity index (χ4v) is 10.1. The van der Waals surface area contributed by atoms with Crippen molar-refractivity contribution in [1.29, 1.82) is 0 Å². The molecule has 0 unspecified atom stereocenters. The molecule has 10 rings (SSSR count). The van der Waals surface area contributed by atoms with E-state index in [2.05, 4.69) is 95.9 Å². The molecule has 5 aliphatic carbocycles. The second-order valence-corrected chi connectivity index (χ2v) is 14.3. The molecule has 5 aliphatic rings. The van der Waals surface area contributed by atoms with Gasteiger partial charge in [0.15, 0.2) is 0 Å². The highest BCUT2D eigenvalue weighted by Crippen LogP contribution is 2.60. The third-order valence-electron chi connectivity index (χ3n) is 11.6. The Balaban J connectivity index is 1.11. The van der Waals surface area contributed by atoms with E-state index < -0.39 is 0 Å². The summed E-state index contributed by atoms with van der Waals surface area (Å²) in [5.41, 5.74) is 9.00. The van der Waals surface area contributed by atoms with Crippen LogP contribution in [0.3, 0.4) is 0 Å². The Morgan fingerprint density at radius 2 is 1.17 bits per heavy atom. The van der Waals surface area contributed by atoms with Gasteiger partial charge in [0.2, 0.25) is 0 Å². The average molecular weight is 552 g/mol. The van der Waals surface area contributed by atoms with E-state index in [1.807, 2.05) is 0 Å². The van der Waals surface area contributed by atoms with Crippen molar-refractivity contribution >= 4 is 39.0 Å². The molecule has 0 N–H and O–H groups in total. The van der Waals surface area contributed by atoms with Gasteiger partial charge in [-0.25, -0.2) is 0 Å². The van der Waals surface area contributed by atoms with E-state index in [9.17, 15) is 0 Å². The Labute approximate surface area is 249 Å². The molecule has 0 radical (unpaired) electrons. The quantitative estimate of drug-likeness (QED) is 0.216. The topological polar surface area (TPSA) is 16.4 Å². The largest absolute Gasteiger partial charge is 0.456 e. The molecular weight excluding hydrogens is 510 g/mol. The lowest BCUT2D eigenvalue weighted by Gasteiger charge is -2.57. The molecule has 42 heavy (non-hydrogen) atoms. The number of nitrogens with zero attached hydrogens (tertiary/aromatic N) is 1. The number of rotatable bonds is 5. The summed E-state index contributed by atoms with van der Waals surface area (Å²) in [5.74, 6) is 3.61. The van der Waals surface area contributed by atoms with Crippen molar-refractivity contribution in [2.75, 3.05) is 4.90 Å². The van der Waals surface area contributed by atoms with E-state index in [1.165, 1.54) is 98.3 Å². The van der Waals surface area contributed by atoms with E-state index in [0.29, 0.717) is 11.3 Å². The van der Waals surface area contributed by atoms with Gasteiger partial charge in [0.25, 0.3) is 0 Å². The summed E-state index contributed by atoms with van der Waals surface area (Å²) in [5, 5.41) is 2.36. The lowest BCUT2D eigenvalue weighted by atomic mass is 9.48. The Kier molecular flexibility index (Phi) is 5.82. The monoisotopic (exact) mass is 551 g/mol. The molecule has 0 saturated heterocycles. The van der Waals surface area contributed by atoms with Crippen molar-refractivity contribution in [3.63, 3.8) is 0 Å². The number of benzene rings is 4. The Hall–Kier alpha value is -3.52. The molecule has 5 saturated carbocycles. The van der Waals surface area contributed by atoms with Crippen LogP contribution in [-0.4, -0.2) is 0 Å². The highest BCUT2D eigenvalue weighted by Gasteiger charge is 2.51. The van der Waals surface area contributed by atoms with Crippen molar-refractivity contribution in [3.05, 3.63) is 102 Å². The van der Waals surface area contributed by atoms with Crippen LogP contribution in [0, 0.1) is 17.8 Å². The van der Waals surface area contributed by atoms with Crippen LogP contribution in [0.1, 0.15) is 87.7 Å². The number of anilines is 3. The minimum Gasteiger partial charge on any atom is -0.456 e. The zero-order valence-corrected chi connectivity index (χ0v) is 24.6. The van der Waals surface area contributed by atoms with Gasteiger partial charge >= 0.3 is 0 Å². The maximum absolute atomic E-state index is 6.34. The van der Waals surface area contributed by atoms with Gasteiger partial charge in [-0.15, -0.1) is 0 Å². The van der Waals surface area contributed by atoms with E-state index in [1.54, 1.807) is 5.56 Å². The number of fused-ring (bicyclic) bond motifs is 3. The van der Waals surface area contributed by atoms with Crippen molar-refractivity contribution in [3.8, 4) is 0 Å². The van der Waals surface area contributed by atoms with Gasteiger partial charge in [0.05, 0.1) is 0 Å². The van der Waals surface area contributed by atoms with Crippen molar-refractivity contribution in [1.82, 2.24) is 0 Å². The van der Waals surface area contributed by atoms with Gasteiger partial charge in [-0.3, -0.25) is 0 Å². The predicted molar refractivity (Wildman–Crippen MR) is 174 cm³/mol. The summed E-state index contributed by atoms with van der Waals surface area (Å²) >= 11 is 0. The van der Waals surface area contributed by atoms with Crippen molar-refractivity contribution in [2.45, 2.75) is 82.0 Å². The smallest absolute Gasteiger partial charge is 0.137 e. The van der Waals surface area contributed by atoms with Gasteiger partial charge < -0.3 is 9.32 Å². The molecule has 0 aliphatic heterocycles. The van der Waals surface area contributed by atoms with Gasteiger partial charge in [0.1, 0.15) is 11.2 Å². The first-order valence-electron chi connectivity index (χ1n) is 16.6. The number of hydrogen-bond donors (Lipinski definition) is 0. The molecule has 2 heteroatoms.